The van der Waals surface area contributed by atoms with Crippen molar-refractivity contribution >= 4 is 26.6 Å². The highest BCUT2D eigenvalue weighted by atomic mass is 32.2. The van der Waals surface area contributed by atoms with Crippen LogP contribution in [0.4, 0.5) is 14.5 Å². The van der Waals surface area contributed by atoms with Crippen LogP contribution in [-0.2, 0) is 10.0 Å². The second-order valence-electron chi connectivity index (χ2n) is 5.41. The van der Waals surface area contributed by atoms with Gasteiger partial charge < -0.3 is 10.1 Å². The molecule has 2 aromatic heterocycles. The molecule has 0 aliphatic rings. The molecule has 0 spiro atoms. The number of rotatable bonds is 6. The molecule has 26 heavy (non-hydrogen) atoms. The van der Waals surface area contributed by atoms with E-state index in [-0.39, 0.29) is 27.0 Å². The van der Waals surface area contributed by atoms with Crippen LogP contribution in [0.25, 0.3) is 10.9 Å². The van der Waals surface area contributed by atoms with E-state index in [9.17, 15) is 17.2 Å². The summed E-state index contributed by atoms with van der Waals surface area (Å²) in [6, 6.07) is 3.09. The highest BCUT2D eigenvalue weighted by Gasteiger charge is 2.22. The number of aromatic amines is 1. The lowest BCUT2D eigenvalue weighted by Gasteiger charge is -2.10. The molecular formula is C15H13F2N5O3S. The lowest BCUT2D eigenvalue weighted by Crippen LogP contribution is -2.16. The number of aliphatic hydroxyl groups is 1. The summed E-state index contributed by atoms with van der Waals surface area (Å²) in [6.45, 7) is -1.45. The number of H-pyrrole nitrogens is 1. The van der Waals surface area contributed by atoms with Gasteiger partial charge in [-0.3, -0.25) is 9.40 Å². The predicted octanol–water partition coefficient (Wildman–Crippen LogP) is 1.68. The second-order valence-corrected chi connectivity index (χ2v) is 7.09. The van der Waals surface area contributed by atoms with Crippen molar-refractivity contribution in [3.05, 3.63) is 42.1 Å². The number of aromatic nitrogens is 3. The first-order valence-electron chi connectivity index (χ1n) is 7.34. The Morgan fingerprint density at radius 2 is 2.23 bits per heavy atom. The normalized spacial score (nSPS) is 12.8. The number of hydrogen-bond acceptors (Lipinski definition) is 5. The topological polar surface area (TPSA) is 124 Å². The summed E-state index contributed by atoms with van der Waals surface area (Å²) < 4.78 is 55.1. The van der Waals surface area contributed by atoms with Gasteiger partial charge in [-0.15, -0.1) is 0 Å². The van der Waals surface area contributed by atoms with Gasteiger partial charge in [-0.2, -0.15) is 10.4 Å². The van der Waals surface area contributed by atoms with Crippen molar-refractivity contribution in [1.29, 1.82) is 5.26 Å². The fourth-order valence-corrected chi connectivity index (χ4v) is 3.46. The van der Waals surface area contributed by atoms with E-state index < -0.39 is 35.2 Å². The molecule has 0 aliphatic heterocycles. The summed E-state index contributed by atoms with van der Waals surface area (Å²) in [5.74, 6) is -0.665. The van der Waals surface area contributed by atoms with Crippen LogP contribution in [-0.4, -0.2) is 41.6 Å². The number of benzene rings is 1. The van der Waals surface area contributed by atoms with Crippen molar-refractivity contribution in [2.24, 2.45) is 0 Å². The maximum Gasteiger partial charge on any atom is 0.265 e. The zero-order chi connectivity index (χ0) is 18.9. The molecule has 0 unspecified atom stereocenters. The van der Waals surface area contributed by atoms with Crippen LogP contribution >= 0.6 is 0 Å². The van der Waals surface area contributed by atoms with Gasteiger partial charge in [0.1, 0.15) is 29.5 Å². The third kappa shape index (κ3) is 3.00. The standard InChI is InChI=1S/C15H13F2N5O3S/c16-3-10(8-23)22-7-11(6-20-22)26(24,25)21-13-2-1-12(17)14-9(4-18)5-19-15(13)14/h1-2,5-7,10,19,21,23H,3,8H2/t10-/m1/s1. The number of alkyl halides is 1. The molecule has 0 radical (unpaired) electrons. The molecule has 1 aromatic carbocycles. The number of sulfonamides is 1. The van der Waals surface area contributed by atoms with Gasteiger partial charge in [-0.1, -0.05) is 0 Å². The third-order valence-electron chi connectivity index (χ3n) is 3.80. The summed E-state index contributed by atoms with van der Waals surface area (Å²) >= 11 is 0. The number of fused-ring (bicyclic) bond motifs is 1. The van der Waals surface area contributed by atoms with Gasteiger partial charge >= 0.3 is 0 Å². The van der Waals surface area contributed by atoms with Crippen LogP contribution < -0.4 is 4.72 Å². The molecule has 3 rings (SSSR count). The van der Waals surface area contributed by atoms with Gasteiger partial charge in [-0.05, 0) is 12.1 Å². The Hall–Kier alpha value is -2.97. The van der Waals surface area contributed by atoms with Crippen LogP contribution in [0.5, 0.6) is 0 Å². The monoisotopic (exact) mass is 381 g/mol. The molecule has 0 bridgehead atoms. The first-order chi connectivity index (χ1) is 12.4. The molecule has 0 aliphatic carbocycles. The number of hydrogen-bond donors (Lipinski definition) is 3. The molecule has 8 nitrogen and oxygen atoms in total. The average molecular weight is 381 g/mol. The van der Waals surface area contributed by atoms with E-state index in [0.29, 0.717) is 0 Å². The molecule has 0 fully saturated rings. The summed E-state index contributed by atoms with van der Waals surface area (Å²) in [5, 5.41) is 21.8. The smallest absolute Gasteiger partial charge is 0.265 e. The van der Waals surface area contributed by atoms with Gasteiger partial charge in [0.15, 0.2) is 0 Å². The lowest BCUT2D eigenvalue weighted by molar-refractivity contribution is 0.190. The quantitative estimate of drug-likeness (QED) is 0.599. The minimum atomic E-state index is -4.11. The van der Waals surface area contributed by atoms with E-state index in [2.05, 4.69) is 14.8 Å². The minimum Gasteiger partial charge on any atom is -0.394 e. The molecule has 1 atom stereocenters. The van der Waals surface area contributed by atoms with Crippen LogP contribution in [0.1, 0.15) is 11.6 Å². The van der Waals surface area contributed by atoms with Crippen molar-refractivity contribution in [3.63, 3.8) is 0 Å². The Morgan fingerprint density at radius 3 is 2.88 bits per heavy atom. The predicted molar refractivity (Wildman–Crippen MR) is 88.1 cm³/mol. The minimum absolute atomic E-state index is 0.0267. The molecule has 0 saturated heterocycles. The SMILES string of the molecule is N#Cc1c[nH]c2c(NS(=O)(=O)c3cnn([C@@H](CO)CF)c3)ccc(F)c12. The first kappa shape index (κ1) is 17.8. The number of nitrogens with one attached hydrogen (secondary N) is 2. The molecule has 0 saturated carbocycles. The van der Waals surface area contributed by atoms with Crippen molar-refractivity contribution in [1.82, 2.24) is 14.8 Å². The Morgan fingerprint density at radius 1 is 1.46 bits per heavy atom. The fourth-order valence-electron chi connectivity index (χ4n) is 2.45. The number of nitrogens with zero attached hydrogens (tertiary/aromatic N) is 3. The second kappa shape index (κ2) is 6.74. The lowest BCUT2D eigenvalue weighted by atomic mass is 10.1. The van der Waals surface area contributed by atoms with E-state index in [1.807, 2.05) is 6.07 Å². The first-order valence-corrected chi connectivity index (χ1v) is 8.83. The van der Waals surface area contributed by atoms with E-state index in [4.69, 9.17) is 10.4 Å². The fraction of sp³-hybridized carbons (Fsp3) is 0.200. The van der Waals surface area contributed by atoms with Crippen molar-refractivity contribution in [2.45, 2.75) is 10.9 Å². The zero-order valence-corrected chi connectivity index (χ0v) is 14.0. The molecule has 136 valence electrons. The van der Waals surface area contributed by atoms with Crippen molar-refractivity contribution < 1.29 is 22.3 Å². The summed E-state index contributed by atoms with van der Waals surface area (Å²) in [5.41, 5.74) is 0.203. The highest BCUT2D eigenvalue weighted by Crippen LogP contribution is 2.29. The number of halogens is 2. The van der Waals surface area contributed by atoms with E-state index in [1.54, 1.807) is 0 Å². The van der Waals surface area contributed by atoms with Gasteiger partial charge in [0.2, 0.25) is 0 Å². The van der Waals surface area contributed by atoms with E-state index >= 15 is 0 Å². The Kier molecular flexibility index (Phi) is 4.62. The van der Waals surface area contributed by atoms with Gasteiger partial charge in [0, 0.05) is 12.4 Å². The van der Waals surface area contributed by atoms with Crippen molar-refractivity contribution in [3.8, 4) is 6.07 Å². The van der Waals surface area contributed by atoms with Crippen LogP contribution in [0.15, 0.2) is 35.6 Å². The number of anilines is 1. The summed E-state index contributed by atoms with van der Waals surface area (Å²) in [7, 11) is -4.11. The molecule has 2 heterocycles. The Bertz CT molecular complexity index is 1100. The van der Waals surface area contributed by atoms with Crippen LogP contribution in [0.2, 0.25) is 0 Å². The van der Waals surface area contributed by atoms with Gasteiger partial charge in [0.25, 0.3) is 10.0 Å². The van der Waals surface area contributed by atoms with Crippen LogP contribution in [0, 0.1) is 17.1 Å². The maximum atomic E-state index is 14.0. The third-order valence-corrected chi connectivity index (χ3v) is 5.12. The zero-order valence-electron chi connectivity index (χ0n) is 13.1. The van der Waals surface area contributed by atoms with E-state index in [1.165, 1.54) is 12.3 Å². The van der Waals surface area contributed by atoms with E-state index in [0.717, 1.165) is 23.1 Å². The highest BCUT2D eigenvalue weighted by molar-refractivity contribution is 7.92. The largest absolute Gasteiger partial charge is 0.394 e. The molecule has 0 amide bonds. The number of nitriles is 1. The summed E-state index contributed by atoms with van der Waals surface area (Å²) in [4.78, 5) is 2.42. The van der Waals surface area contributed by atoms with Crippen LogP contribution in [0.3, 0.4) is 0 Å². The molecule has 3 aromatic rings. The Balaban J connectivity index is 1.99. The van der Waals surface area contributed by atoms with Gasteiger partial charge in [0.05, 0.1) is 35.0 Å². The van der Waals surface area contributed by atoms with Gasteiger partial charge in [-0.25, -0.2) is 17.2 Å². The average Bonchev–Trinajstić information content (AvgIpc) is 3.26. The molecule has 11 heteroatoms. The maximum absolute atomic E-state index is 14.0. The molecule has 3 N–H and O–H groups in total. The Labute approximate surface area is 146 Å². The van der Waals surface area contributed by atoms with Crippen molar-refractivity contribution in [2.75, 3.05) is 18.0 Å². The number of aliphatic hydroxyl groups excluding tert-OH is 1. The summed E-state index contributed by atoms with van der Waals surface area (Å²) in [6.07, 6.45) is 3.37. The molecular weight excluding hydrogens is 368 g/mol.